The molecule has 1 N–H and O–H groups in total. The van der Waals surface area contributed by atoms with Gasteiger partial charge >= 0.3 is 23.9 Å². The average molecular weight is 533 g/mol. The van der Waals surface area contributed by atoms with Crippen LogP contribution in [-0.2, 0) is 38.1 Å². The van der Waals surface area contributed by atoms with Gasteiger partial charge in [0.2, 0.25) is 0 Å². The quantitative estimate of drug-likeness (QED) is 0.430. The van der Waals surface area contributed by atoms with Crippen LogP contribution in [-0.4, -0.2) is 71.2 Å². The topological polar surface area (TPSA) is 135 Å². The van der Waals surface area contributed by atoms with Gasteiger partial charge in [-0.1, -0.05) is 25.1 Å². The Morgan fingerprint density at radius 3 is 2.13 bits per heavy atom. The summed E-state index contributed by atoms with van der Waals surface area (Å²) in [6.07, 6.45) is -3.92. The van der Waals surface area contributed by atoms with Crippen molar-refractivity contribution in [2.24, 2.45) is 17.3 Å². The van der Waals surface area contributed by atoms with Crippen LogP contribution in [0.1, 0.15) is 64.7 Å². The van der Waals surface area contributed by atoms with Gasteiger partial charge in [-0.3, -0.25) is 14.4 Å². The van der Waals surface area contributed by atoms with Crippen LogP contribution in [0.5, 0.6) is 0 Å². The first kappa shape index (κ1) is 28.0. The molecule has 0 unspecified atom stereocenters. The number of hydrogen-bond donors (Lipinski definition) is 1. The van der Waals surface area contributed by atoms with Crippen LogP contribution in [0.4, 0.5) is 0 Å². The Kier molecular flexibility index (Phi) is 7.35. The number of rotatable bonds is 6. The number of aliphatic hydroxyl groups is 1. The Bertz CT molecular complexity index is 1100. The molecule has 0 radical (unpaired) electrons. The Morgan fingerprint density at radius 1 is 0.921 bits per heavy atom. The van der Waals surface area contributed by atoms with E-state index in [1.165, 1.54) is 20.8 Å². The van der Waals surface area contributed by atoms with Crippen LogP contribution >= 0.6 is 0 Å². The van der Waals surface area contributed by atoms with Gasteiger partial charge in [0.1, 0.15) is 42.0 Å². The number of benzene rings is 1. The van der Waals surface area contributed by atoms with Crippen molar-refractivity contribution in [3.05, 3.63) is 35.9 Å². The van der Waals surface area contributed by atoms with Crippen molar-refractivity contribution in [3.63, 3.8) is 0 Å². The fourth-order valence-electron chi connectivity index (χ4n) is 7.15. The van der Waals surface area contributed by atoms with Crippen LogP contribution in [0.25, 0.3) is 0 Å². The van der Waals surface area contributed by atoms with E-state index >= 15 is 0 Å². The van der Waals surface area contributed by atoms with Crippen molar-refractivity contribution in [3.8, 4) is 0 Å². The van der Waals surface area contributed by atoms with E-state index in [1.54, 1.807) is 44.2 Å². The van der Waals surface area contributed by atoms with E-state index in [9.17, 15) is 24.3 Å². The lowest BCUT2D eigenvalue weighted by molar-refractivity contribution is -0.313. The molecule has 8 atom stereocenters. The highest BCUT2D eigenvalue weighted by atomic mass is 16.6. The van der Waals surface area contributed by atoms with E-state index in [2.05, 4.69) is 0 Å². The van der Waals surface area contributed by atoms with Gasteiger partial charge in [0, 0.05) is 20.8 Å². The molecule has 1 saturated heterocycles. The first-order chi connectivity index (χ1) is 17.8. The number of ether oxygens (including phenoxy) is 5. The van der Waals surface area contributed by atoms with E-state index < -0.39 is 77.4 Å². The predicted octanol–water partition coefficient (Wildman–Crippen LogP) is 2.59. The van der Waals surface area contributed by atoms with Gasteiger partial charge in [0.15, 0.2) is 0 Å². The van der Waals surface area contributed by atoms with Crippen molar-refractivity contribution in [2.45, 2.75) is 90.0 Å². The Hall–Kier alpha value is -2.98. The van der Waals surface area contributed by atoms with E-state index in [0.717, 1.165) is 0 Å². The molecule has 3 fully saturated rings. The third-order valence-corrected chi connectivity index (χ3v) is 8.42. The molecule has 1 heterocycles. The van der Waals surface area contributed by atoms with Crippen LogP contribution < -0.4 is 0 Å². The third-order valence-electron chi connectivity index (χ3n) is 8.42. The first-order valence-corrected chi connectivity index (χ1v) is 12.9. The molecule has 1 aromatic rings. The minimum Gasteiger partial charge on any atom is -0.465 e. The predicted molar refractivity (Wildman–Crippen MR) is 132 cm³/mol. The molecule has 10 nitrogen and oxygen atoms in total. The summed E-state index contributed by atoms with van der Waals surface area (Å²) >= 11 is 0. The molecule has 1 spiro atoms. The Balaban J connectivity index is 1.99. The summed E-state index contributed by atoms with van der Waals surface area (Å²) in [5.41, 5.74) is -3.84. The summed E-state index contributed by atoms with van der Waals surface area (Å²) in [4.78, 5) is 50.3. The van der Waals surface area contributed by atoms with Gasteiger partial charge in [-0.05, 0) is 44.7 Å². The molecule has 2 aliphatic carbocycles. The maximum Gasteiger partial charge on any atom is 0.338 e. The molecule has 0 aromatic heterocycles. The maximum absolute atomic E-state index is 13.4. The highest BCUT2D eigenvalue weighted by molar-refractivity contribution is 5.89. The average Bonchev–Trinajstić information content (AvgIpc) is 3.03. The molecule has 208 valence electrons. The number of esters is 4. The smallest absolute Gasteiger partial charge is 0.338 e. The second-order valence-corrected chi connectivity index (χ2v) is 11.1. The van der Waals surface area contributed by atoms with Gasteiger partial charge in [-0.2, -0.15) is 0 Å². The molecule has 1 aromatic carbocycles. The monoisotopic (exact) mass is 532 g/mol. The van der Waals surface area contributed by atoms with Gasteiger partial charge in [0.25, 0.3) is 0 Å². The summed E-state index contributed by atoms with van der Waals surface area (Å²) in [6, 6.07) is 8.27. The molecular weight excluding hydrogens is 496 g/mol. The van der Waals surface area contributed by atoms with Crippen molar-refractivity contribution < 1.29 is 48.0 Å². The van der Waals surface area contributed by atoms with E-state index in [1.807, 2.05) is 6.92 Å². The number of fused-ring (bicyclic) bond motifs is 1. The number of hydrogen-bond acceptors (Lipinski definition) is 10. The molecule has 10 heteroatoms. The fourth-order valence-corrected chi connectivity index (χ4v) is 7.15. The molecule has 3 aliphatic rings. The third kappa shape index (κ3) is 4.27. The summed E-state index contributed by atoms with van der Waals surface area (Å²) in [7, 11) is 0. The fraction of sp³-hybridized carbons (Fsp3) is 0.643. The zero-order chi connectivity index (χ0) is 28.0. The number of aliphatic hydroxyl groups excluding tert-OH is 1. The van der Waals surface area contributed by atoms with Crippen LogP contribution in [0, 0.1) is 17.3 Å². The number of carbonyl (C=O) groups is 4. The van der Waals surface area contributed by atoms with Gasteiger partial charge in [0.05, 0.1) is 17.1 Å². The molecule has 2 saturated carbocycles. The molecular formula is C28H36O10. The second kappa shape index (κ2) is 9.96. The highest BCUT2D eigenvalue weighted by Crippen LogP contribution is 2.67. The van der Waals surface area contributed by atoms with Crippen LogP contribution in [0.15, 0.2) is 30.3 Å². The normalized spacial score (nSPS) is 36.9. The lowest BCUT2D eigenvalue weighted by atomic mass is 9.47. The van der Waals surface area contributed by atoms with Crippen molar-refractivity contribution in [1.29, 1.82) is 0 Å². The maximum atomic E-state index is 13.4. The zero-order valence-electron chi connectivity index (χ0n) is 22.6. The lowest BCUT2D eigenvalue weighted by Gasteiger charge is -2.63. The largest absolute Gasteiger partial charge is 0.465 e. The standard InChI is InChI=1S/C28H36O10/c1-15-12-13-20(35-17(3)30)27(14-34-16(2)29)24(37-25(33)19-10-8-7-9-11-19)22(32)21-23(36-18(4)31)28(15,27)38-26(21,5)6/h7-11,15,20-24,32H,12-14H2,1-6H3/t15-,20+,21-,22-,23+,24+,27-,28-/m0/s1. The summed E-state index contributed by atoms with van der Waals surface area (Å²) in [5.74, 6) is -3.66. The van der Waals surface area contributed by atoms with Crippen LogP contribution in [0.3, 0.4) is 0 Å². The van der Waals surface area contributed by atoms with Gasteiger partial charge in [-0.15, -0.1) is 0 Å². The minimum absolute atomic E-state index is 0.249. The molecule has 1 aliphatic heterocycles. The van der Waals surface area contributed by atoms with Gasteiger partial charge in [-0.25, -0.2) is 4.79 Å². The lowest BCUT2D eigenvalue weighted by Crippen LogP contribution is -2.79. The second-order valence-electron chi connectivity index (χ2n) is 11.1. The van der Waals surface area contributed by atoms with E-state index in [-0.39, 0.29) is 11.5 Å². The van der Waals surface area contributed by atoms with Crippen molar-refractivity contribution >= 4 is 23.9 Å². The summed E-state index contributed by atoms with van der Waals surface area (Å²) in [6.45, 7) is 8.79. The first-order valence-electron chi connectivity index (χ1n) is 12.9. The Morgan fingerprint density at radius 2 is 1.55 bits per heavy atom. The van der Waals surface area contributed by atoms with Crippen LogP contribution in [0.2, 0.25) is 0 Å². The molecule has 2 bridgehead atoms. The number of carbonyl (C=O) groups excluding carboxylic acids is 4. The summed E-state index contributed by atoms with van der Waals surface area (Å²) < 4.78 is 30.2. The zero-order valence-corrected chi connectivity index (χ0v) is 22.6. The van der Waals surface area contributed by atoms with Gasteiger partial charge < -0.3 is 28.8 Å². The highest BCUT2D eigenvalue weighted by Gasteiger charge is 2.83. The summed E-state index contributed by atoms with van der Waals surface area (Å²) in [5, 5.41) is 11.9. The Labute approximate surface area is 221 Å². The minimum atomic E-state index is -1.60. The molecule has 38 heavy (non-hydrogen) atoms. The van der Waals surface area contributed by atoms with E-state index in [4.69, 9.17) is 23.7 Å². The SMILES string of the molecule is CC(=O)OC[C@]12[C@H](OC(=O)c3ccccc3)[C@@H](O)[C@H]3[C@@H](OC(C)=O)[C@@]1(OC3(C)C)[C@@H](C)CC[C@H]2OC(C)=O. The van der Waals surface area contributed by atoms with E-state index in [0.29, 0.717) is 12.8 Å². The molecule has 4 rings (SSSR count). The molecule has 0 amide bonds. The van der Waals surface area contributed by atoms with Crippen molar-refractivity contribution in [2.75, 3.05) is 6.61 Å². The van der Waals surface area contributed by atoms with Crippen molar-refractivity contribution in [1.82, 2.24) is 0 Å².